The first kappa shape index (κ1) is 16.4. The van der Waals surface area contributed by atoms with Crippen LogP contribution in [0.3, 0.4) is 0 Å². The van der Waals surface area contributed by atoms with E-state index in [-0.39, 0.29) is 18.9 Å². The van der Waals surface area contributed by atoms with Crippen LogP contribution in [-0.2, 0) is 26.1 Å². The summed E-state index contributed by atoms with van der Waals surface area (Å²) in [6.07, 6.45) is -0.0509. The predicted octanol–water partition coefficient (Wildman–Crippen LogP) is -0.0874. The molecule has 2 N–H and O–H groups in total. The van der Waals surface area contributed by atoms with Crippen molar-refractivity contribution in [3.05, 3.63) is 29.8 Å². The molecule has 1 aromatic rings. The zero-order valence-corrected chi connectivity index (χ0v) is 13.7. The Morgan fingerprint density at radius 3 is 2.57 bits per heavy atom. The van der Waals surface area contributed by atoms with Crippen LogP contribution in [0, 0.1) is 0 Å². The van der Waals surface area contributed by atoms with Crippen molar-refractivity contribution in [3.8, 4) is 0 Å². The first-order valence-electron chi connectivity index (χ1n) is 7.65. The molecule has 3 rings (SSSR count). The number of benzene rings is 1. The molecule has 0 radical (unpaired) electrons. The molecule has 1 unspecified atom stereocenters. The van der Waals surface area contributed by atoms with E-state index in [0.717, 1.165) is 24.3 Å². The molecule has 0 saturated carbocycles. The first-order chi connectivity index (χ1) is 10.9. The highest BCUT2D eigenvalue weighted by atomic mass is 32.2. The topological polar surface area (TPSA) is 92.9 Å². The number of para-hydroxylation sites is 1. The highest BCUT2D eigenvalue weighted by molar-refractivity contribution is 7.89. The normalized spacial score (nSPS) is 23.4. The fourth-order valence-electron chi connectivity index (χ4n) is 3.04. The van der Waals surface area contributed by atoms with E-state index in [1.54, 1.807) is 4.90 Å². The van der Waals surface area contributed by atoms with Gasteiger partial charge in [-0.3, -0.25) is 9.69 Å². The third-order valence-corrected chi connectivity index (χ3v) is 5.58. The molecular formula is C15H21N3O4S. The average Bonchev–Trinajstić information content (AvgIpc) is 2.91. The third-order valence-electron chi connectivity index (χ3n) is 4.33. The average molecular weight is 339 g/mol. The molecule has 8 heteroatoms. The van der Waals surface area contributed by atoms with Crippen molar-refractivity contribution in [1.29, 1.82) is 0 Å². The second kappa shape index (κ2) is 6.56. The number of morpholine rings is 1. The molecule has 2 saturated heterocycles. The molecule has 0 spiro atoms. The molecule has 1 aromatic carbocycles. The van der Waals surface area contributed by atoms with Crippen LogP contribution in [0.1, 0.15) is 12.0 Å². The summed E-state index contributed by atoms with van der Waals surface area (Å²) in [4.78, 5) is 16.1. The third kappa shape index (κ3) is 3.72. The number of sulfonamides is 1. The summed E-state index contributed by atoms with van der Waals surface area (Å²) in [5.41, 5.74) is 1.79. The Morgan fingerprint density at radius 2 is 1.91 bits per heavy atom. The molecule has 126 valence electrons. The molecular weight excluding hydrogens is 318 g/mol. The first-order valence-corrected chi connectivity index (χ1v) is 9.26. The maximum Gasteiger partial charge on any atom is 0.228 e. The van der Waals surface area contributed by atoms with Crippen molar-refractivity contribution in [2.24, 2.45) is 5.14 Å². The lowest BCUT2D eigenvalue weighted by Gasteiger charge is -2.28. The van der Waals surface area contributed by atoms with Gasteiger partial charge in [-0.1, -0.05) is 18.2 Å². The quantitative estimate of drug-likeness (QED) is 0.828. The van der Waals surface area contributed by atoms with Gasteiger partial charge < -0.3 is 9.64 Å². The van der Waals surface area contributed by atoms with E-state index in [4.69, 9.17) is 9.88 Å². The van der Waals surface area contributed by atoms with E-state index in [1.165, 1.54) is 0 Å². The van der Waals surface area contributed by atoms with Crippen molar-refractivity contribution in [3.63, 3.8) is 0 Å². The summed E-state index contributed by atoms with van der Waals surface area (Å²) >= 11 is 0. The molecule has 2 aliphatic rings. The van der Waals surface area contributed by atoms with Crippen LogP contribution in [0.4, 0.5) is 5.69 Å². The van der Waals surface area contributed by atoms with Crippen molar-refractivity contribution >= 4 is 21.6 Å². The van der Waals surface area contributed by atoms with Gasteiger partial charge >= 0.3 is 0 Å². The second-order valence-electron chi connectivity index (χ2n) is 5.94. The maximum atomic E-state index is 12.2. The molecule has 1 amide bonds. The van der Waals surface area contributed by atoms with Gasteiger partial charge in [-0.25, -0.2) is 13.6 Å². The molecule has 0 aromatic heterocycles. The lowest BCUT2D eigenvalue weighted by atomic mass is 10.1. The standard InChI is InChI=1S/C15H21N3O4S/c16-23(20,21)13-9-15(19)18(11-13)14-4-2-1-3-12(14)10-17-5-7-22-8-6-17/h1-4,13H,5-11H2,(H2,16,20,21). The Labute approximate surface area is 136 Å². The van der Waals surface area contributed by atoms with Crippen molar-refractivity contribution in [2.45, 2.75) is 18.2 Å². The van der Waals surface area contributed by atoms with E-state index < -0.39 is 15.3 Å². The SMILES string of the molecule is NS(=O)(=O)C1CC(=O)N(c2ccccc2CN2CCOCC2)C1. The predicted molar refractivity (Wildman–Crippen MR) is 86.4 cm³/mol. The summed E-state index contributed by atoms with van der Waals surface area (Å²) in [7, 11) is -3.71. The maximum absolute atomic E-state index is 12.2. The van der Waals surface area contributed by atoms with Gasteiger partial charge in [0.1, 0.15) is 5.25 Å². The highest BCUT2D eigenvalue weighted by Gasteiger charge is 2.37. The van der Waals surface area contributed by atoms with Crippen molar-refractivity contribution < 1.29 is 17.9 Å². The Balaban J connectivity index is 1.81. The lowest BCUT2D eigenvalue weighted by molar-refractivity contribution is -0.117. The number of rotatable bonds is 4. The van der Waals surface area contributed by atoms with E-state index in [0.29, 0.717) is 19.8 Å². The molecule has 0 bridgehead atoms. The molecule has 0 aliphatic carbocycles. The van der Waals surface area contributed by atoms with Gasteiger partial charge in [-0.2, -0.15) is 0 Å². The molecule has 1 atom stereocenters. The number of nitrogens with two attached hydrogens (primary N) is 1. The monoisotopic (exact) mass is 339 g/mol. The summed E-state index contributed by atoms with van der Waals surface area (Å²) < 4.78 is 28.4. The van der Waals surface area contributed by atoms with Crippen molar-refractivity contribution in [1.82, 2.24) is 4.90 Å². The Hall–Kier alpha value is -1.48. The van der Waals surface area contributed by atoms with Gasteiger partial charge in [0.05, 0.1) is 13.2 Å². The fourth-order valence-corrected chi connectivity index (χ4v) is 3.77. The molecule has 23 heavy (non-hydrogen) atoms. The number of anilines is 1. The van der Waals surface area contributed by atoms with Gasteiger partial charge in [0, 0.05) is 38.3 Å². The minimum atomic E-state index is -3.71. The molecule has 2 heterocycles. The number of nitrogens with zero attached hydrogens (tertiary/aromatic N) is 2. The number of carbonyl (C=O) groups is 1. The van der Waals surface area contributed by atoms with Crippen molar-refractivity contribution in [2.75, 3.05) is 37.7 Å². The summed E-state index contributed by atoms with van der Waals surface area (Å²) in [6.45, 7) is 3.95. The molecule has 2 fully saturated rings. The summed E-state index contributed by atoms with van der Waals surface area (Å²) in [5, 5.41) is 4.37. The van der Waals surface area contributed by atoms with Crippen LogP contribution in [-0.4, -0.2) is 57.3 Å². The van der Waals surface area contributed by atoms with Crippen LogP contribution in [0.15, 0.2) is 24.3 Å². The zero-order valence-electron chi connectivity index (χ0n) is 12.8. The summed E-state index contributed by atoms with van der Waals surface area (Å²) in [5.74, 6) is -0.196. The fraction of sp³-hybridized carbons (Fsp3) is 0.533. The minimum Gasteiger partial charge on any atom is -0.379 e. The van der Waals surface area contributed by atoms with E-state index >= 15 is 0 Å². The number of ether oxygens (including phenoxy) is 1. The van der Waals surface area contributed by atoms with Crippen LogP contribution >= 0.6 is 0 Å². The highest BCUT2D eigenvalue weighted by Crippen LogP contribution is 2.28. The Morgan fingerprint density at radius 1 is 1.22 bits per heavy atom. The van der Waals surface area contributed by atoms with Gasteiger partial charge in [0.2, 0.25) is 15.9 Å². The summed E-state index contributed by atoms with van der Waals surface area (Å²) in [6, 6.07) is 7.62. The smallest absolute Gasteiger partial charge is 0.228 e. The van der Waals surface area contributed by atoms with E-state index in [9.17, 15) is 13.2 Å². The van der Waals surface area contributed by atoms with Gasteiger partial charge in [0.25, 0.3) is 0 Å². The Kier molecular flexibility index (Phi) is 4.67. The van der Waals surface area contributed by atoms with Crippen LogP contribution in [0.2, 0.25) is 0 Å². The molecule has 2 aliphatic heterocycles. The Bertz CT molecular complexity index is 686. The van der Waals surface area contributed by atoms with E-state index in [2.05, 4.69) is 4.90 Å². The van der Waals surface area contributed by atoms with Crippen LogP contribution in [0.5, 0.6) is 0 Å². The zero-order chi connectivity index (χ0) is 16.4. The number of carbonyl (C=O) groups excluding carboxylic acids is 1. The van der Waals surface area contributed by atoms with Crippen LogP contribution in [0.25, 0.3) is 0 Å². The number of hydrogen-bond donors (Lipinski definition) is 1. The number of primary sulfonamides is 1. The number of hydrogen-bond acceptors (Lipinski definition) is 5. The molecule has 7 nitrogen and oxygen atoms in total. The van der Waals surface area contributed by atoms with Gasteiger partial charge in [-0.05, 0) is 11.6 Å². The minimum absolute atomic E-state index is 0.0509. The van der Waals surface area contributed by atoms with Gasteiger partial charge in [0.15, 0.2) is 0 Å². The largest absolute Gasteiger partial charge is 0.379 e. The van der Waals surface area contributed by atoms with Gasteiger partial charge in [-0.15, -0.1) is 0 Å². The second-order valence-corrected chi connectivity index (χ2v) is 7.78. The van der Waals surface area contributed by atoms with E-state index in [1.807, 2.05) is 24.3 Å². The van der Waals surface area contributed by atoms with Crippen LogP contribution < -0.4 is 10.0 Å². The number of amides is 1. The lowest BCUT2D eigenvalue weighted by Crippen LogP contribution is -2.36.